The van der Waals surface area contributed by atoms with E-state index in [1.165, 1.54) is 12.1 Å². The zero-order valence-corrected chi connectivity index (χ0v) is 34.2. The lowest BCUT2D eigenvalue weighted by Gasteiger charge is -2.25. The number of carbonyl (C=O) groups excluding carboxylic acids is 5. The van der Waals surface area contributed by atoms with Crippen LogP contribution >= 0.6 is 22.6 Å². The van der Waals surface area contributed by atoms with Gasteiger partial charge in [0.05, 0.1) is 0 Å². The lowest BCUT2D eigenvalue weighted by atomic mass is 10.0. The Hall–Kier alpha value is -6.33. The number of carboxylic acid groups (broad SMARTS) is 5. The maximum absolute atomic E-state index is 13.7. The van der Waals surface area contributed by atoms with Crippen molar-refractivity contribution < 1.29 is 73.5 Å². The summed E-state index contributed by atoms with van der Waals surface area (Å²) in [7, 11) is 0. The lowest BCUT2D eigenvalue weighted by molar-refractivity contribution is -0.141. The fourth-order valence-corrected chi connectivity index (χ4v) is 5.83. The maximum atomic E-state index is 13.7. The number of hydrogen-bond acceptors (Lipinski definition) is 10. The normalized spacial score (nSPS) is 13.2. The third kappa shape index (κ3) is 19.4. The van der Waals surface area contributed by atoms with Crippen LogP contribution in [0.5, 0.6) is 0 Å². The number of amides is 6. The van der Waals surface area contributed by atoms with Crippen molar-refractivity contribution in [2.24, 2.45) is 0 Å². The summed E-state index contributed by atoms with van der Waals surface area (Å²) in [4.78, 5) is 123. The van der Waals surface area contributed by atoms with Gasteiger partial charge in [0.15, 0.2) is 0 Å². The van der Waals surface area contributed by atoms with Crippen LogP contribution in [0.1, 0.15) is 73.7 Å². The summed E-state index contributed by atoms with van der Waals surface area (Å²) in [6.45, 7) is -0.0422. The number of aliphatic carboxylic acids is 5. The minimum atomic E-state index is -1.59. The number of nitrogens with one attached hydrogen (secondary N) is 6. The van der Waals surface area contributed by atoms with E-state index >= 15 is 0 Å². The minimum absolute atomic E-state index is 0.0422. The number of rotatable bonds is 27. The zero-order valence-electron chi connectivity index (χ0n) is 32.1. The summed E-state index contributed by atoms with van der Waals surface area (Å²) in [5, 5.41) is 60.4. The molecule has 21 nitrogen and oxygen atoms in total. The number of unbranched alkanes of at least 4 members (excludes halogenated alkanes) is 1. The molecule has 0 spiro atoms. The quantitative estimate of drug-likeness (QED) is 0.0434. The fourth-order valence-electron chi connectivity index (χ4n) is 5.47. The van der Waals surface area contributed by atoms with Gasteiger partial charge in [-0.1, -0.05) is 30.3 Å². The van der Waals surface area contributed by atoms with E-state index in [1.807, 2.05) is 27.9 Å². The Balaban J connectivity index is 2.14. The van der Waals surface area contributed by atoms with Gasteiger partial charge < -0.3 is 57.4 Å². The summed E-state index contributed by atoms with van der Waals surface area (Å²) in [6.07, 6.45) is -2.87. The highest BCUT2D eigenvalue weighted by Gasteiger charge is 2.31. The molecule has 22 heteroatoms. The van der Waals surface area contributed by atoms with Gasteiger partial charge in [0.2, 0.25) is 17.7 Å². The van der Waals surface area contributed by atoms with E-state index in [0.29, 0.717) is 5.56 Å². The van der Waals surface area contributed by atoms with Crippen molar-refractivity contribution in [3.63, 3.8) is 0 Å². The van der Waals surface area contributed by atoms with E-state index < -0.39 is 122 Å². The molecule has 0 radical (unpaired) electrons. The molecule has 0 aliphatic carbocycles. The van der Waals surface area contributed by atoms with E-state index in [9.17, 15) is 68.4 Å². The SMILES string of the molecule is O=C(O)CC[C@H](NC(=O)N[C@@H](CCCCNC(=O)[C@H](Cc1ccccc1)NC(=O)[C@H](CCC(=O)O)NC(=O)[C@H](CCC(=O)O)NC(=O)c1ccc(I)cc1)C(=O)O)C(=O)O. The third-order valence-electron chi connectivity index (χ3n) is 8.64. The van der Waals surface area contributed by atoms with Crippen LogP contribution < -0.4 is 31.9 Å². The van der Waals surface area contributed by atoms with Crippen molar-refractivity contribution in [1.82, 2.24) is 31.9 Å². The number of carbonyl (C=O) groups is 10. The van der Waals surface area contributed by atoms with Crippen molar-refractivity contribution in [2.75, 3.05) is 6.54 Å². The summed E-state index contributed by atoms with van der Waals surface area (Å²) < 4.78 is 0.824. The van der Waals surface area contributed by atoms with Crippen molar-refractivity contribution in [1.29, 1.82) is 0 Å². The highest BCUT2D eigenvalue weighted by Crippen LogP contribution is 2.11. The average Bonchev–Trinajstić information content (AvgIpc) is 3.18. The second kappa shape index (κ2) is 25.9. The molecule has 0 aromatic heterocycles. The fraction of sp³-hybridized carbons (Fsp3) is 0.421. The molecule has 11 N–H and O–H groups in total. The Morgan fingerprint density at radius 1 is 0.500 bits per heavy atom. The van der Waals surface area contributed by atoms with E-state index in [0.717, 1.165) is 3.57 Å². The Labute approximate surface area is 356 Å². The molecule has 0 fully saturated rings. The molecular weight excluding hydrogens is 907 g/mol. The van der Waals surface area contributed by atoms with E-state index in [4.69, 9.17) is 5.11 Å². The largest absolute Gasteiger partial charge is 0.481 e. The van der Waals surface area contributed by atoms with E-state index in [-0.39, 0.29) is 44.2 Å². The van der Waals surface area contributed by atoms with Crippen LogP contribution in [0.15, 0.2) is 54.6 Å². The van der Waals surface area contributed by atoms with Crippen molar-refractivity contribution in [3.05, 3.63) is 69.3 Å². The second-order valence-corrected chi connectivity index (χ2v) is 14.6. The van der Waals surface area contributed by atoms with Crippen LogP contribution in [0.4, 0.5) is 4.79 Å². The molecule has 0 unspecified atom stereocenters. The summed E-state index contributed by atoms with van der Waals surface area (Å²) >= 11 is 2.03. The van der Waals surface area contributed by atoms with Gasteiger partial charge in [0.1, 0.15) is 30.2 Å². The first kappa shape index (κ1) is 49.8. The highest BCUT2D eigenvalue weighted by molar-refractivity contribution is 14.1. The Kier molecular flexibility index (Phi) is 21.5. The molecule has 0 heterocycles. The van der Waals surface area contributed by atoms with Gasteiger partial charge in [-0.2, -0.15) is 0 Å². The zero-order chi connectivity index (χ0) is 44.8. The van der Waals surface area contributed by atoms with E-state index in [2.05, 4.69) is 26.6 Å². The standard InChI is InChI=1S/C38H47IN6O15/c39-23-11-9-22(10-12-23)32(52)41-24(13-16-29(46)47)34(54)42-25(14-17-30(48)49)35(55)43-28(20-21-6-2-1-3-7-21)33(53)40-19-5-4-8-26(36(56)57)44-38(60)45-27(37(58)59)15-18-31(50)51/h1-3,6-7,9-12,24-28H,4-5,8,13-20H2,(H,40,53)(H,41,52)(H,42,54)(H,43,55)(H,46,47)(H,48,49)(H,50,51)(H,56,57)(H,58,59)(H2,44,45,60)/t24-,25-,26-,27-,28-/m0/s1. The van der Waals surface area contributed by atoms with Gasteiger partial charge in [0, 0.05) is 41.4 Å². The molecule has 0 aliphatic heterocycles. The lowest BCUT2D eigenvalue weighted by Crippen LogP contribution is -2.57. The van der Waals surface area contributed by atoms with Gasteiger partial charge in [0.25, 0.3) is 5.91 Å². The smallest absolute Gasteiger partial charge is 0.326 e. The van der Waals surface area contributed by atoms with Gasteiger partial charge in [-0.25, -0.2) is 14.4 Å². The third-order valence-corrected chi connectivity index (χ3v) is 9.36. The molecular formula is C38H47IN6O15. The first-order valence-electron chi connectivity index (χ1n) is 18.5. The average molecular weight is 955 g/mol. The van der Waals surface area contributed by atoms with E-state index in [1.54, 1.807) is 42.5 Å². The molecule has 0 aliphatic rings. The first-order chi connectivity index (χ1) is 28.4. The number of carboxylic acids is 5. The predicted molar refractivity (Wildman–Crippen MR) is 216 cm³/mol. The van der Waals surface area contributed by atoms with Crippen LogP contribution in [0.3, 0.4) is 0 Å². The summed E-state index contributed by atoms with van der Waals surface area (Å²) in [6, 6.07) is 6.23. The predicted octanol–water partition coefficient (Wildman–Crippen LogP) is 0.688. The van der Waals surface area contributed by atoms with Crippen molar-refractivity contribution in [2.45, 2.75) is 94.4 Å². The van der Waals surface area contributed by atoms with Crippen LogP contribution in [0, 0.1) is 3.57 Å². The Bertz CT molecular complexity index is 1850. The monoisotopic (exact) mass is 954 g/mol. The Morgan fingerprint density at radius 3 is 1.47 bits per heavy atom. The van der Waals surface area contributed by atoms with Crippen LogP contribution in [-0.4, -0.2) is 122 Å². The van der Waals surface area contributed by atoms with Crippen LogP contribution in [0.2, 0.25) is 0 Å². The van der Waals surface area contributed by atoms with Crippen molar-refractivity contribution in [3.8, 4) is 0 Å². The molecule has 326 valence electrons. The van der Waals surface area contributed by atoms with Gasteiger partial charge >= 0.3 is 35.9 Å². The second-order valence-electron chi connectivity index (χ2n) is 13.3. The van der Waals surface area contributed by atoms with Crippen molar-refractivity contribution >= 4 is 82.1 Å². The van der Waals surface area contributed by atoms with Crippen LogP contribution in [0.25, 0.3) is 0 Å². The number of benzene rings is 2. The van der Waals surface area contributed by atoms with Gasteiger partial charge in [-0.05, 0) is 90.9 Å². The topological polar surface area (TPSA) is 344 Å². The first-order valence-corrected chi connectivity index (χ1v) is 19.6. The molecule has 0 saturated heterocycles. The minimum Gasteiger partial charge on any atom is -0.481 e. The number of halogens is 1. The maximum Gasteiger partial charge on any atom is 0.326 e. The molecule has 5 atom stereocenters. The molecule has 2 aromatic rings. The summed E-state index contributed by atoms with van der Waals surface area (Å²) in [5.41, 5.74) is 0.777. The molecule has 0 saturated carbocycles. The summed E-state index contributed by atoms with van der Waals surface area (Å²) in [5.74, 6) is -10.2. The molecule has 60 heavy (non-hydrogen) atoms. The van der Waals surface area contributed by atoms with Gasteiger partial charge in [-0.15, -0.1) is 0 Å². The highest BCUT2D eigenvalue weighted by atomic mass is 127. The Morgan fingerprint density at radius 2 is 0.967 bits per heavy atom. The number of hydrogen-bond donors (Lipinski definition) is 11. The molecule has 6 amide bonds. The molecule has 2 aromatic carbocycles. The molecule has 0 bridgehead atoms. The number of urea groups is 1. The van der Waals surface area contributed by atoms with Gasteiger partial charge in [-0.3, -0.25) is 33.6 Å². The van der Waals surface area contributed by atoms with Crippen LogP contribution in [-0.2, 0) is 44.8 Å². The molecule has 2 rings (SSSR count).